The summed E-state index contributed by atoms with van der Waals surface area (Å²) in [5.74, 6) is -0.549. The van der Waals surface area contributed by atoms with Crippen LogP contribution in [0.5, 0.6) is 0 Å². The lowest BCUT2D eigenvalue weighted by molar-refractivity contribution is -0.141. The highest BCUT2D eigenvalue weighted by atomic mass is 16.4. The average molecular weight is 283 g/mol. The lowest BCUT2D eigenvalue weighted by atomic mass is 10.1. The van der Waals surface area contributed by atoms with Crippen molar-refractivity contribution in [2.24, 2.45) is 0 Å². The number of carbonyl (C=O) groups excluding carboxylic acids is 1. The molecule has 2 rings (SSSR count). The van der Waals surface area contributed by atoms with Crippen molar-refractivity contribution in [1.82, 2.24) is 14.7 Å². The topological polar surface area (TPSA) is 64.1 Å². The van der Waals surface area contributed by atoms with Crippen LogP contribution in [0.4, 0.5) is 0 Å². The summed E-state index contributed by atoms with van der Waals surface area (Å²) >= 11 is 0. The molecule has 0 radical (unpaired) electrons. The molecule has 0 aliphatic carbocycles. The van der Waals surface area contributed by atoms with E-state index < -0.39 is 5.97 Å². The summed E-state index contributed by atoms with van der Waals surface area (Å²) in [5, 5.41) is 8.78. The lowest BCUT2D eigenvalue weighted by Gasteiger charge is -2.39. The highest BCUT2D eigenvalue weighted by Gasteiger charge is 2.29. The first-order valence-electron chi connectivity index (χ1n) is 7.55. The van der Waals surface area contributed by atoms with Crippen LogP contribution in [0, 0.1) is 0 Å². The van der Waals surface area contributed by atoms with E-state index >= 15 is 0 Å². The Hall–Kier alpha value is -1.14. The zero-order chi connectivity index (χ0) is 14.5. The second-order valence-corrected chi connectivity index (χ2v) is 5.77. The summed E-state index contributed by atoms with van der Waals surface area (Å²) in [4.78, 5) is 29.2. The monoisotopic (exact) mass is 283 g/mol. The Kier molecular flexibility index (Phi) is 5.37. The minimum atomic E-state index is -0.782. The Balaban J connectivity index is 1.80. The number of carboxylic acid groups (broad SMARTS) is 1. The first-order chi connectivity index (χ1) is 9.58. The smallest absolute Gasteiger partial charge is 0.317 e. The zero-order valence-corrected chi connectivity index (χ0v) is 12.3. The molecule has 0 aromatic heterocycles. The minimum absolute atomic E-state index is 0.0833. The predicted molar refractivity (Wildman–Crippen MR) is 75.5 cm³/mol. The van der Waals surface area contributed by atoms with Gasteiger partial charge in [-0.2, -0.15) is 0 Å². The maximum absolute atomic E-state index is 12.4. The number of nitrogens with zero attached hydrogens (tertiary/aromatic N) is 3. The molecule has 0 bridgehead atoms. The molecule has 6 nitrogen and oxygen atoms in total. The molecule has 2 saturated heterocycles. The van der Waals surface area contributed by atoms with Crippen LogP contribution in [0.25, 0.3) is 0 Å². The van der Waals surface area contributed by atoms with E-state index in [0.717, 1.165) is 52.1 Å². The van der Waals surface area contributed by atoms with E-state index in [4.69, 9.17) is 5.11 Å². The van der Waals surface area contributed by atoms with Crippen molar-refractivity contribution < 1.29 is 14.7 Å². The normalized spacial score (nSPS) is 23.6. The van der Waals surface area contributed by atoms with E-state index in [9.17, 15) is 9.59 Å². The summed E-state index contributed by atoms with van der Waals surface area (Å²) in [5.41, 5.74) is 0. The summed E-state index contributed by atoms with van der Waals surface area (Å²) in [6.45, 7) is 6.85. The van der Waals surface area contributed by atoms with Crippen LogP contribution >= 0.6 is 0 Å². The molecule has 2 aliphatic heterocycles. The molecule has 114 valence electrons. The Morgan fingerprint density at radius 2 is 1.60 bits per heavy atom. The number of piperidine rings is 1. The van der Waals surface area contributed by atoms with Crippen LogP contribution in [0.1, 0.15) is 26.2 Å². The van der Waals surface area contributed by atoms with Crippen molar-refractivity contribution in [1.29, 1.82) is 0 Å². The number of hydrogen-bond acceptors (Lipinski definition) is 4. The fourth-order valence-corrected chi connectivity index (χ4v) is 3.03. The van der Waals surface area contributed by atoms with Crippen molar-refractivity contribution >= 4 is 11.9 Å². The quantitative estimate of drug-likeness (QED) is 0.792. The van der Waals surface area contributed by atoms with Gasteiger partial charge in [0, 0.05) is 39.3 Å². The standard InChI is InChI=1S/C14H25N3O3/c1-12(14(20)17-5-3-2-4-6-17)16-9-7-15(8-10-16)11-13(18)19/h12H,2-11H2,1H3,(H,18,19). The third kappa shape index (κ3) is 3.93. The Morgan fingerprint density at radius 1 is 1.00 bits per heavy atom. The molecule has 0 saturated carbocycles. The van der Waals surface area contributed by atoms with Crippen LogP contribution in [-0.4, -0.2) is 83.5 Å². The van der Waals surface area contributed by atoms with E-state index in [1.807, 2.05) is 16.7 Å². The van der Waals surface area contributed by atoms with Crippen LogP contribution < -0.4 is 0 Å². The van der Waals surface area contributed by atoms with Crippen molar-refractivity contribution in [3.8, 4) is 0 Å². The lowest BCUT2D eigenvalue weighted by Crippen LogP contribution is -2.55. The summed E-state index contributed by atoms with van der Waals surface area (Å²) in [7, 11) is 0. The van der Waals surface area contributed by atoms with Gasteiger partial charge in [-0.15, -0.1) is 0 Å². The SMILES string of the molecule is CC(C(=O)N1CCCCC1)N1CCN(CC(=O)O)CC1. The number of carbonyl (C=O) groups is 2. The fourth-order valence-electron chi connectivity index (χ4n) is 3.03. The summed E-state index contributed by atoms with van der Waals surface area (Å²) in [6, 6.07) is -0.0833. The van der Waals surface area contributed by atoms with E-state index in [2.05, 4.69) is 4.90 Å². The molecule has 1 atom stereocenters. The van der Waals surface area contributed by atoms with Gasteiger partial charge in [-0.3, -0.25) is 19.4 Å². The maximum atomic E-state index is 12.4. The largest absolute Gasteiger partial charge is 0.480 e. The highest BCUT2D eigenvalue weighted by molar-refractivity contribution is 5.81. The molecular formula is C14H25N3O3. The Bertz CT molecular complexity index is 348. The molecule has 20 heavy (non-hydrogen) atoms. The molecule has 1 unspecified atom stereocenters. The zero-order valence-electron chi connectivity index (χ0n) is 12.3. The van der Waals surface area contributed by atoms with Crippen LogP contribution in [0.3, 0.4) is 0 Å². The molecule has 6 heteroatoms. The van der Waals surface area contributed by atoms with E-state index in [1.54, 1.807) is 0 Å². The van der Waals surface area contributed by atoms with Crippen molar-refractivity contribution in [3.63, 3.8) is 0 Å². The first kappa shape index (κ1) is 15.3. The summed E-state index contributed by atoms with van der Waals surface area (Å²) in [6.07, 6.45) is 3.46. The first-order valence-corrected chi connectivity index (χ1v) is 7.55. The maximum Gasteiger partial charge on any atom is 0.317 e. The Morgan fingerprint density at radius 3 is 2.15 bits per heavy atom. The van der Waals surface area contributed by atoms with Gasteiger partial charge in [-0.25, -0.2) is 0 Å². The minimum Gasteiger partial charge on any atom is -0.480 e. The fraction of sp³-hybridized carbons (Fsp3) is 0.857. The number of likely N-dealkylation sites (tertiary alicyclic amines) is 1. The van der Waals surface area contributed by atoms with E-state index in [0.29, 0.717) is 0 Å². The number of rotatable bonds is 4. The molecule has 0 aromatic carbocycles. The molecule has 1 N–H and O–H groups in total. The van der Waals surface area contributed by atoms with Gasteiger partial charge in [0.05, 0.1) is 12.6 Å². The summed E-state index contributed by atoms with van der Waals surface area (Å²) < 4.78 is 0. The predicted octanol–water partition coefficient (Wildman–Crippen LogP) is 0.0896. The van der Waals surface area contributed by atoms with Crippen LogP contribution in [0.15, 0.2) is 0 Å². The van der Waals surface area contributed by atoms with Gasteiger partial charge in [-0.05, 0) is 26.2 Å². The van der Waals surface area contributed by atoms with Gasteiger partial charge in [0.1, 0.15) is 0 Å². The number of carboxylic acids is 1. The van der Waals surface area contributed by atoms with Gasteiger partial charge in [-0.1, -0.05) is 0 Å². The molecule has 0 aromatic rings. The molecule has 0 spiro atoms. The van der Waals surface area contributed by atoms with Gasteiger partial charge < -0.3 is 10.0 Å². The molecule has 2 heterocycles. The molecule has 2 aliphatic rings. The number of hydrogen-bond donors (Lipinski definition) is 1. The Labute approximate surface area is 120 Å². The average Bonchev–Trinajstić information content (AvgIpc) is 2.47. The van der Waals surface area contributed by atoms with Crippen LogP contribution in [-0.2, 0) is 9.59 Å². The number of piperazine rings is 1. The number of amides is 1. The van der Waals surface area contributed by atoms with Crippen molar-refractivity contribution in [2.45, 2.75) is 32.2 Å². The van der Waals surface area contributed by atoms with Crippen molar-refractivity contribution in [2.75, 3.05) is 45.8 Å². The number of aliphatic carboxylic acids is 1. The van der Waals surface area contributed by atoms with Gasteiger partial charge in [0.2, 0.25) is 5.91 Å². The molecule has 2 fully saturated rings. The van der Waals surface area contributed by atoms with E-state index in [-0.39, 0.29) is 18.5 Å². The van der Waals surface area contributed by atoms with Gasteiger partial charge >= 0.3 is 5.97 Å². The second kappa shape index (κ2) is 7.04. The molecule has 1 amide bonds. The van der Waals surface area contributed by atoms with Gasteiger partial charge in [0.15, 0.2) is 0 Å². The van der Waals surface area contributed by atoms with E-state index in [1.165, 1.54) is 6.42 Å². The van der Waals surface area contributed by atoms with Crippen molar-refractivity contribution in [3.05, 3.63) is 0 Å². The van der Waals surface area contributed by atoms with Gasteiger partial charge in [0.25, 0.3) is 0 Å². The highest BCUT2D eigenvalue weighted by Crippen LogP contribution is 2.14. The third-order valence-corrected chi connectivity index (χ3v) is 4.34. The second-order valence-electron chi connectivity index (χ2n) is 5.77. The van der Waals surface area contributed by atoms with Crippen LogP contribution in [0.2, 0.25) is 0 Å². The third-order valence-electron chi connectivity index (χ3n) is 4.34. The molecular weight excluding hydrogens is 258 g/mol.